The Hall–Kier alpha value is -1.32. The van der Waals surface area contributed by atoms with Gasteiger partial charge in [-0.05, 0) is 18.6 Å². The van der Waals surface area contributed by atoms with Crippen molar-refractivity contribution in [3.63, 3.8) is 0 Å². The van der Waals surface area contributed by atoms with Gasteiger partial charge in [-0.15, -0.1) is 0 Å². The van der Waals surface area contributed by atoms with Crippen molar-refractivity contribution in [3.05, 3.63) is 40.1 Å². The average molecular weight is 296 g/mol. The molecule has 0 spiro atoms. The fourth-order valence-electron chi connectivity index (χ4n) is 1.76. The van der Waals surface area contributed by atoms with Gasteiger partial charge in [-0.3, -0.25) is 0 Å². The Morgan fingerprint density at radius 2 is 1.89 bits per heavy atom. The van der Waals surface area contributed by atoms with E-state index in [-0.39, 0.29) is 0 Å². The second-order valence-electron chi connectivity index (χ2n) is 4.18. The number of hydrogen-bond donors (Lipinski definition) is 1. The van der Waals surface area contributed by atoms with Crippen LogP contribution in [0.25, 0.3) is 11.3 Å². The molecule has 0 unspecified atom stereocenters. The van der Waals surface area contributed by atoms with Gasteiger partial charge >= 0.3 is 0 Å². The number of benzene rings is 1. The van der Waals surface area contributed by atoms with Crippen molar-refractivity contribution >= 4 is 29.0 Å². The molecule has 0 aliphatic heterocycles. The normalized spacial score (nSPS) is 10.5. The standard InChI is InChI=1S/C14H15Cl2N3/c1-3-4-13-18-12(8-14(17-2)19-13)9-5-6-10(15)11(16)7-9/h5-8H,3-4H2,1-2H3,(H,17,18,19). The number of rotatable bonds is 4. The van der Waals surface area contributed by atoms with Gasteiger partial charge in [0.2, 0.25) is 0 Å². The van der Waals surface area contributed by atoms with Crippen LogP contribution in [0, 0.1) is 0 Å². The van der Waals surface area contributed by atoms with Gasteiger partial charge in [0.15, 0.2) is 0 Å². The fourth-order valence-corrected chi connectivity index (χ4v) is 2.06. The zero-order valence-electron chi connectivity index (χ0n) is 10.9. The summed E-state index contributed by atoms with van der Waals surface area (Å²) in [7, 11) is 1.84. The van der Waals surface area contributed by atoms with Gasteiger partial charge in [-0.25, -0.2) is 9.97 Å². The van der Waals surface area contributed by atoms with Gasteiger partial charge in [-0.2, -0.15) is 0 Å². The van der Waals surface area contributed by atoms with E-state index in [0.717, 1.165) is 35.7 Å². The Kier molecular flexibility index (Phi) is 4.61. The first-order chi connectivity index (χ1) is 9.13. The summed E-state index contributed by atoms with van der Waals surface area (Å²) >= 11 is 12.0. The molecule has 0 atom stereocenters. The van der Waals surface area contributed by atoms with Crippen LogP contribution in [0.15, 0.2) is 24.3 Å². The summed E-state index contributed by atoms with van der Waals surface area (Å²) in [6.07, 6.45) is 1.86. The van der Waals surface area contributed by atoms with Gasteiger partial charge in [0.1, 0.15) is 11.6 Å². The van der Waals surface area contributed by atoms with E-state index in [0.29, 0.717) is 10.0 Å². The van der Waals surface area contributed by atoms with Crippen LogP contribution in [0.3, 0.4) is 0 Å². The molecule has 0 fully saturated rings. The third-order valence-corrected chi connectivity index (χ3v) is 3.46. The zero-order chi connectivity index (χ0) is 13.8. The molecule has 1 aromatic heterocycles. The molecule has 100 valence electrons. The Morgan fingerprint density at radius 1 is 1.11 bits per heavy atom. The Balaban J connectivity index is 2.47. The minimum atomic E-state index is 0.529. The van der Waals surface area contributed by atoms with Gasteiger partial charge in [0.25, 0.3) is 0 Å². The molecule has 19 heavy (non-hydrogen) atoms. The zero-order valence-corrected chi connectivity index (χ0v) is 12.4. The molecule has 2 rings (SSSR count). The van der Waals surface area contributed by atoms with Crippen LogP contribution in [-0.2, 0) is 6.42 Å². The SMILES string of the molecule is CCCc1nc(NC)cc(-c2ccc(Cl)c(Cl)c2)n1. The molecule has 0 bridgehead atoms. The summed E-state index contributed by atoms with van der Waals surface area (Å²) in [6, 6.07) is 7.41. The van der Waals surface area contributed by atoms with Gasteiger partial charge < -0.3 is 5.32 Å². The second-order valence-corrected chi connectivity index (χ2v) is 5.00. The van der Waals surface area contributed by atoms with Crippen molar-refractivity contribution in [3.8, 4) is 11.3 Å². The molecule has 0 saturated heterocycles. The van der Waals surface area contributed by atoms with Gasteiger partial charge in [-0.1, -0.05) is 36.2 Å². The first-order valence-electron chi connectivity index (χ1n) is 6.15. The summed E-state index contributed by atoms with van der Waals surface area (Å²) in [5.74, 6) is 1.63. The van der Waals surface area contributed by atoms with Gasteiger partial charge in [0.05, 0.1) is 15.7 Å². The van der Waals surface area contributed by atoms with Crippen LogP contribution < -0.4 is 5.32 Å². The summed E-state index contributed by atoms with van der Waals surface area (Å²) in [5, 5.41) is 4.12. The van der Waals surface area contributed by atoms with E-state index in [1.807, 2.05) is 25.2 Å². The van der Waals surface area contributed by atoms with E-state index in [9.17, 15) is 0 Å². The van der Waals surface area contributed by atoms with Crippen LogP contribution in [0.2, 0.25) is 10.0 Å². The molecular weight excluding hydrogens is 281 g/mol. The third-order valence-electron chi connectivity index (χ3n) is 2.72. The lowest BCUT2D eigenvalue weighted by atomic mass is 10.1. The first kappa shape index (κ1) is 14.1. The molecule has 0 radical (unpaired) electrons. The molecule has 1 aromatic carbocycles. The maximum Gasteiger partial charge on any atom is 0.131 e. The monoisotopic (exact) mass is 295 g/mol. The van der Waals surface area contributed by atoms with E-state index < -0.39 is 0 Å². The van der Waals surface area contributed by atoms with E-state index in [4.69, 9.17) is 23.2 Å². The highest BCUT2D eigenvalue weighted by Gasteiger charge is 2.07. The quantitative estimate of drug-likeness (QED) is 0.906. The molecule has 1 N–H and O–H groups in total. The van der Waals surface area contributed by atoms with Crippen LogP contribution in [0.1, 0.15) is 19.2 Å². The Morgan fingerprint density at radius 3 is 2.53 bits per heavy atom. The lowest BCUT2D eigenvalue weighted by molar-refractivity contribution is 0.838. The fraction of sp³-hybridized carbons (Fsp3) is 0.286. The summed E-state index contributed by atoms with van der Waals surface area (Å²) in [5.41, 5.74) is 1.78. The van der Waals surface area contributed by atoms with E-state index in [1.54, 1.807) is 6.07 Å². The highest BCUT2D eigenvalue weighted by molar-refractivity contribution is 6.42. The smallest absolute Gasteiger partial charge is 0.131 e. The first-order valence-corrected chi connectivity index (χ1v) is 6.90. The highest BCUT2D eigenvalue weighted by atomic mass is 35.5. The highest BCUT2D eigenvalue weighted by Crippen LogP contribution is 2.28. The molecule has 1 heterocycles. The number of anilines is 1. The van der Waals surface area contributed by atoms with Crippen molar-refractivity contribution in [2.75, 3.05) is 12.4 Å². The Bertz CT molecular complexity index is 585. The number of aryl methyl sites for hydroxylation is 1. The number of aromatic nitrogens is 2. The maximum absolute atomic E-state index is 6.05. The summed E-state index contributed by atoms with van der Waals surface area (Å²) < 4.78 is 0. The molecule has 2 aromatic rings. The minimum Gasteiger partial charge on any atom is -0.373 e. The average Bonchev–Trinajstić information content (AvgIpc) is 2.42. The summed E-state index contributed by atoms with van der Waals surface area (Å²) in [6.45, 7) is 2.11. The van der Waals surface area contributed by atoms with E-state index >= 15 is 0 Å². The lowest BCUT2D eigenvalue weighted by Gasteiger charge is -2.08. The minimum absolute atomic E-state index is 0.529. The maximum atomic E-state index is 6.05. The van der Waals surface area contributed by atoms with E-state index in [1.165, 1.54) is 0 Å². The topological polar surface area (TPSA) is 37.8 Å². The van der Waals surface area contributed by atoms with Crippen LogP contribution in [0.5, 0.6) is 0 Å². The van der Waals surface area contributed by atoms with Crippen LogP contribution in [0.4, 0.5) is 5.82 Å². The molecule has 0 saturated carbocycles. The summed E-state index contributed by atoms with van der Waals surface area (Å²) in [4.78, 5) is 8.99. The van der Waals surface area contributed by atoms with Crippen molar-refractivity contribution in [2.24, 2.45) is 0 Å². The third kappa shape index (κ3) is 3.37. The van der Waals surface area contributed by atoms with E-state index in [2.05, 4.69) is 22.2 Å². The van der Waals surface area contributed by atoms with Crippen LogP contribution >= 0.6 is 23.2 Å². The lowest BCUT2D eigenvalue weighted by Crippen LogP contribution is -2.01. The number of nitrogens with one attached hydrogen (secondary N) is 1. The number of hydrogen-bond acceptors (Lipinski definition) is 3. The van der Waals surface area contributed by atoms with Crippen molar-refractivity contribution in [1.29, 1.82) is 0 Å². The van der Waals surface area contributed by atoms with Crippen LogP contribution in [-0.4, -0.2) is 17.0 Å². The molecule has 5 heteroatoms. The molecular formula is C14H15Cl2N3. The van der Waals surface area contributed by atoms with Crippen molar-refractivity contribution in [1.82, 2.24) is 9.97 Å². The molecule has 0 aliphatic rings. The predicted octanol–water partition coefficient (Wildman–Crippen LogP) is 4.44. The molecule has 3 nitrogen and oxygen atoms in total. The second kappa shape index (κ2) is 6.22. The largest absolute Gasteiger partial charge is 0.373 e. The van der Waals surface area contributed by atoms with Gasteiger partial charge in [0, 0.05) is 25.1 Å². The predicted molar refractivity (Wildman–Crippen MR) is 81.0 cm³/mol. The van der Waals surface area contributed by atoms with Crippen molar-refractivity contribution < 1.29 is 0 Å². The van der Waals surface area contributed by atoms with Crippen molar-refractivity contribution in [2.45, 2.75) is 19.8 Å². The molecule has 0 aliphatic carbocycles. The number of nitrogens with zero attached hydrogens (tertiary/aromatic N) is 2. The Labute approximate surface area is 123 Å². The molecule has 0 amide bonds. The number of halogens is 2.